The highest BCUT2D eigenvalue weighted by Gasteiger charge is 2.23. The van der Waals surface area contributed by atoms with Gasteiger partial charge in [0.2, 0.25) is 11.7 Å². The van der Waals surface area contributed by atoms with Crippen LogP contribution in [0.5, 0.6) is 11.5 Å². The minimum Gasteiger partial charge on any atom is -0.497 e. The molecule has 0 atom stereocenters. The fourth-order valence-electron chi connectivity index (χ4n) is 3.68. The first-order valence-electron chi connectivity index (χ1n) is 11.5. The molecule has 0 spiro atoms. The van der Waals surface area contributed by atoms with Crippen LogP contribution in [-0.2, 0) is 0 Å². The Balaban J connectivity index is 1.46. The molecule has 3 aromatic carbocycles. The summed E-state index contributed by atoms with van der Waals surface area (Å²) in [5.41, 5.74) is 3.32. The second-order valence-electron chi connectivity index (χ2n) is 8.18. The zero-order valence-corrected chi connectivity index (χ0v) is 22.3. The van der Waals surface area contributed by atoms with Crippen LogP contribution in [0.15, 0.2) is 76.3 Å². The fraction of sp³-hybridized carbons (Fsp3) is 0.148. The van der Waals surface area contributed by atoms with E-state index in [4.69, 9.17) is 25.5 Å². The van der Waals surface area contributed by atoms with Crippen molar-refractivity contribution in [2.24, 2.45) is 0 Å². The van der Waals surface area contributed by atoms with Gasteiger partial charge in [0, 0.05) is 22.2 Å². The highest BCUT2D eigenvalue weighted by molar-refractivity contribution is 7.99. The Labute approximate surface area is 227 Å². The zero-order valence-electron chi connectivity index (χ0n) is 20.7. The number of hydrogen-bond donors (Lipinski definition) is 0. The van der Waals surface area contributed by atoms with Crippen LogP contribution in [-0.4, -0.2) is 50.7 Å². The number of halogens is 1. The first-order valence-corrected chi connectivity index (χ1v) is 12.8. The minimum absolute atomic E-state index is 0.000562. The summed E-state index contributed by atoms with van der Waals surface area (Å²) in [6, 6.07) is 20.3. The molecule has 192 valence electrons. The molecular formula is C27H22ClN5O4S. The molecule has 0 saturated heterocycles. The van der Waals surface area contributed by atoms with E-state index in [1.54, 1.807) is 38.5 Å². The van der Waals surface area contributed by atoms with Gasteiger partial charge < -0.3 is 13.9 Å². The largest absolute Gasteiger partial charge is 0.497 e. The van der Waals surface area contributed by atoms with E-state index in [-0.39, 0.29) is 23.3 Å². The van der Waals surface area contributed by atoms with Crippen molar-refractivity contribution in [2.45, 2.75) is 12.1 Å². The van der Waals surface area contributed by atoms with E-state index in [2.05, 4.69) is 20.4 Å². The molecule has 9 nitrogen and oxygen atoms in total. The Hall–Kier alpha value is -4.15. The van der Waals surface area contributed by atoms with Crippen molar-refractivity contribution in [1.29, 1.82) is 0 Å². The first kappa shape index (κ1) is 25.5. The quantitative estimate of drug-likeness (QED) is 0.164. The number of hydrogen-bond acceptors (Lipinski definition) is 9. The molecule has 0 aliphatic heterocycles. The molecule has 0 aliphatic rings. The van der Waals surface area contributed by atoms with Gasteiger partial charge in [0.1, 0.15) is 11.5 Å². The van der Waals surface area contributed by atoms with Crippen molar-refractivity contribution >= 4 is 29.1 Å². The van der Waals surface area contributed by atoms with Gasteiger partial charge in [-0.15, -0.1) is 20.4 Å². The predicted molar refractivity (Wildman–Crippen MR) is 144 cm³/mol. The summed E-state index contributed by atoms with van der Waals surface area (Å²) in [4.78, 5) is 13.0. The average molecular weight is 548 g/mol. The molecule has 0 bridgehead atoms. The number of thioether (sulfide) groups is 1. The third-order valence-electron chi connectivity index (χ3n) is 5.66. The lowest BCUT2D eigenvalue weighted by atomic mass is 10.1. The van der Waals surface area contributed by atoms with E-state index in [9.17, 15) is 4.79 Å². The van der Waals surface area contributed by atoms with Crippen LogP contribution in [0, 0.1) is 6.92 Å². The maximum Gasteiger partial charge on any atom is 0.285 e. The van der Waals surface area contributed by atoms with Crippen LogP contribution in [0.1, 0.15) is 16.2 Å². The van der Waals surface area contributed by atoms with Crippen molar-refractivity contribution < 1.29 is 18.7 Å². The molecule has 2 aromatic heterocycles. The second-order valence-corrected chi connectivity index (χ2v) is 9.56. The second kappa shape index (κ2) is 11.1. The molecule has 2 heterocycles. The van der Waals surface area contributed by atoms with Crippen molar-refractivity contribution in [2.75, 3.05) is 20.0 Å². The average Bonchev–Trinajstić information content (AvgIpc) is 3.60. The van der Waals surface area contributed by atoms with Crippen LogP contribution < -0.4 is 9.47 Å². The standard InChI is InChI=1S/C27H22ClN5O4S/c1-16-4-6-17(7-5-16)24-29-32-27(33(24)21-14-20(35-2)12-13-23(21)36-3)38-15-22(34)26-31-30-25(37-26)18-8-10-19(28)11-9-18/h4-14H,15H2,1-3H3. The number of aromatic nitrogens is 5. The molecule has 0 radical (unpaired) electrons. The number of ketones is 1. The lowest BCUT2D eigenvalue weighted by Gasteiger charge is -2.15. The molecule has 0 N–H and O–H groups in total. The molecule has 0 amide bonds. The summed E-state index contributed by atoms with van der Waals surface area (Å²) in [5, 5.41) is 17.8. The predicted octanol–water partition coefficient (Wildman–Crippen LogP) is 5.94. The Morgan fingerprint density at radius 1 is 0.921 bits per heavy atom. The number of carbonyl (C=O) groups excluding carboxylic acids is 1. The van der Waals surface area contributed by atoms with E-state index in [1.807, 2.05) is 54.0 Å². The Bertz CT molecular complexity index is 1580. The van der Waals surface area contributed by atoms with Gasteiger partial charge in [-0.05, 0) is 43.3 Å². The highest BCUT2D eigenvalue weighted by Crippen LogP contribution is 2.35. The van der Waals surface area contributed by atoms with Gasteiger partial charge in [0.15, 0.2) is 11.0 Å². The molecule has 11 heteroatoms. The fourth-order valence-corrected chi connectivity index (χ4v) is 4.60. The van der Waals surface area contributed by atoms with Crippen LogP contribution >= 0.6 is 23.4 Å². The van der Waals surface area contributed by atoms with E-state index >= 15 is 0 Å². The van der Waals surface area contributed by atoms with Crippen molar-refractivity contribution in [3.63, 3.8) is 0 Å². The SMILES string of the molecule is COc1ccc(OC)c(-n2c(SCC(=O)c3nnc(-c4ccc(Cl)cc4)o3)nnc2-c2ccc(C)cc2)c1. The lowest BCUT2D eigenvalue weighted by Crippen LogP contribution is -2.06. The lowest BCUT2D eigenvalue weighted by molar-refractivity contribution is 0.0986. The van der Waals surface area contributed by atoms with Gasteiger partial charge in [0.25, 0.3) is 5.89 Å². The summed E-state index contributed by atoms with van der Waals surface area (Å²) < 4.78 is 18.5. The van der Waals surface area contributed by atoms with E-state index in [1.165, 1.54) is 11.8 Å². The maximum atomic E-state index is 13.0. The molecule has 0 saturated carbocycles. The van der Waals surface area contributed by atoms with Gasteiger partial charge in [-0.1, -0.05) is 53.2 Å². The van der Waals surface area contributed by atoms with Gasteiger partial charge in [0.05, 0.1) is 25.7 Å². The Kier molecular flexibility index (Phi) is 7.43. The monoisotopic (exact) mass is 547 g/mol. The zero-order chi connectivity index (χ0) is 26.6. The number of benzene rings is 3. The molecule has 0 unspecified atom stereocenters. The summed E-state index contributed by atoms with van der Waals surface area (Å²) >= 11 is 7.14. The van der Waals surface area contributed by atoms with Crippen molar-refractivity contribution in [3.05, 3.63) is 83.2 Å². The van der Waals surface area contributed by atoms with Crippen LogP contribution in [0.2, 0.25) is 5.02 Å². The van der Waals surface area contributed by atoms with E-state index in [0.29, 0.717) is 38.8 Å². The Morgan fingerprint density at radius 2 is 1.66 bits per heavy atom. The van der Waals surface area contributed by atoms with Gasteiger partial charge in [-0.2, -0.15) is 0 Å². The maximum absolute atomic E-state index is 13.0. The molecular weight excluding hydrogens is 526 g/mol. The van der Waals surface area contributed by atoms with Gasteiger partial charge in [-0.3, -0.25) is 9.36 Å². The van der Waals surface area contributed by atoms with Crippen LogP contribution in [0.3, 0.4) is 0 Å². The van der Waals surface area contributed by atoms with Gasteiger partial charge in [-0.25, -0.2) is 0 Å². The van der Waals surface area contributed by atoms with Crippen LogP contribution in [0.4, 0.5) is 0 Å². The summed E-state index contributed by atoms with van der Waals surface area (Å²) in [6.07, 6.45) is 0. The highest BCUT2D eigenvalue weighted by atomic mass is 35.5. The number of aryl methyl sites for hydroxylation is 1. The third-order valence-corrected chi connectivity index (χ3v) is 6.84. The number of nitrogens with zero attached hydrogens (tertiary/aromatic N) is 5. The van der Waals surface area contributed by atoms with E-state index < -0.39 is 0 Å². The molecule has 5 aromatic rings. The van der Waals surface area contributed by atoms with E-state index in [0.717, 1.165) is 11.1 Å². The third kappa shape index (κ3) is 5.27. The number of ether oxygens (including phenoxy) is 2. The topological polar surface area (TPSA) is 105 Å². The first-order chi connectivity index (χ1) is 18.5. The molecule has 0 fully saturated rings. The molecule has 5 rings (SSSR count). The normalized spacial score (nSPS) is 10.9. The number of methoxy groups -OCH3 is 2. The number of rotatable bonds is 9. The minimum atomic E-state index is -0.341. The smallest absolute Gasteiger partial charge is 0.285 e. The van der Waals surface area contributed by atoms with Crippen molar-refractivity contribution in [3.8, 4) is 40.0 Å². The molecule has 38 heavy (non-hydrogen) atoms. The summed E-state index contributed by atoms with van der Waals surface area (Å²) in [5.74, 6) is 1.63. The Morgan fingerprint density at radius 3 is 2.37 bits per heavy atom. The summed E-state index contributed by atoms with van der Waals surface area (Å²) in [6.45, 7) is 2.02. The number of Topliss-reactive ketones (excluding diaryl/α,β-unsaturated/α-hetero) is 1. The van der Waals surface area contributed by atoms with Crippen LogP contribution in [0.25, 0.3) is 28.5 Å². The summed E-state index contributed by atoms with van der Waals surface area (Å²) in [7, 11) is 3.18. The van der Waals surface area contributed by atoms with Crippen molar-refractivity contribution in [1.82, 2.24) is 25.0 Å². The molecule has 0 aliphatic carbocycles. The number of carbonyl (C=O) groups is 1. The van der Waals surface area contributed by atoms with Gasteiger partial charge >= 0.3 is 0 Å².